The summed E-state index contributed by atoms with van der Waals surface area (Å²) in [6, 6.07) is 32.6. The van der Waals surface area contributed by atoms with Gasteiger partial charge in [-0.25, -0.2) is 0 Å². The monoisotopic (exact) mass is 682 g/mol. The molecule has 3 heterocycles. The lowest BCUT2D eigenvalue weighted by Crippen LogP contribution is -2.14. The van der Waals surface area contributed by atoms with Gasteiger partial charge in [0, 0.05) is 43.9 Å². The number of hydrogen-bond acceptors (Lipinski definition) is 1. The maximum atomic E-state index is 11.6. The van der Waals surface area contributed by atoms with Crippen LogP contribution in [-0.4, -0.2) is 15.3 Å². The number of rotatable bonds is 9. The number of nitrogens with zero attached hydrogens (tertiary/aromatic N) is 2. The molecule has 0 spiro atoms. The van der Waals surface area contributed by atoms with Gasteiger partial charge in [0.25, 0.3) is 0 Å². The minimum absolute atomic E-state index is 0.218. The van der Waals surface area contributed by atoms with Gasteiger partial charge in [-0.2, -0.15) is 0 Å². The van der Waals surface area contributed by atoms with E-state index in [1.165, 1.54) is 94.1 Å². The maximum Gasteiger partial charge on any atom is 0.123 e. The molecule has 2 atom stereocenters. The van der Waals surface area contributed by atoms with Gasteiger partial charge in [-0.05, 0) is 147 Å². The van der Waals surface area contributed by atoms with Crippen LogP contribution in [0.5, 0.6) is 0 Å². The van der Waals surface area contributed by atoms with Gasteiger partial charge in [0.2, 0.25) is 0 Å². The van der Waals surface area contributed by atoms with Gasteiger partial charge < -0.3 is 13.8 Å². The molecular formula is C49H50N2O. The minimum Gasteiger partial charge on any atom is -0.309 e. The lowest BCUT2D eigenvalue weighted by molar-refractivity contribution is -0.111. The smallest absolute Gasteiger partial charge is 0.123 e. The van der Waals surface area contributed by atoms with Crippen LogP contribution in [0.4, 0.5) is 0 Å². The zero-order valence-electron chi connectivity index (χ0n) is 31.4. The van der Waals surface area contributed by atoms with Gasteiger partial charge in [-0.3, -0.25) is 0 Å². The molecule has 262 valence electrons. The number of carbonyl (C=O) groups is 1. The maximum absolute atomic E-state index is 11.6. The van der Waals surface area contributed by atoms with Crippen LogP contribution in [0.3, 0.4) is 0 Å². The van der Waals surface area contributed by atoms with Gasteiger partial charge in [-0.15, -0.1) is 6.58 Å². The molecule has 8 aromatic rings. The van der Waals surface area contributed by atoms with Gasteiger partial charge >= 0.3 is 0 Å². The quantitative estimate of drug-likeness (QED) is 0.110. The number of aldehydes is 1. The Morgan fingerprint density at radius 1 is 0.692 bits per heavy atom. The van der Waals surface area contributed by atoms with Crippen molar-refractivity contribution < 1.29 is 4.79 Å². The van der Waals surface area contributed by atoms with Crippen LogP contribution in [0.1, 0.15) is 93.4 Å². The highest BCUT2D eigenvalue weighted by atomic mass is 16.1. The van der Waals surface area contributed by atoms with Crippen molar-refractivity contribution in [3.8, 4) is 5.69 Å². The first-order valence-electron chi connectivity index (χ1n) is 19.6. The van der Waals surface area contributed by atoms with Crippen LogP contribution in [0.25, 0.3) is 65.6 Å². The van der Waals surface area contributed by atoms with E-state index in [9.17, 15) is 4.79 Å². The third-order valence-corrected chi connectivity index (χ3v) is 13.0. The minimum atomic E-state index is 0.218. The van der Waals surface area contributed by atoms with Crippen LogP contribution < -0.4 is 0 Å². The number of allylic oxidation sites excluding steroid dienone is 1. The molecule has 5 aromatic carbocycles. The molecule has 3 nitrogen and oxygen atoms in total. The molecule has 0 amide bonds. The van der Waals surface area contributed by atoms with Crippen LogP contribution in [0.15, 0.2) is 97.6 Å². The van der Waals surface area contributed by atoms with E-state index in [-0.39, 0.29) is 5.92 Å². The number of para-hydroxylation sites is 2. The largest absolute Gasteiger partial charge is 0.309 e. The molecule has 52 heavy (non-hydrogen) atoms. The summed E-state index contributed by atoms with van der Waals surface area (Å²) < 4.78 is 5.05. The zero-order valence-corrected chi connectivity index (χ0v) is 31.4. The highest BCUT2D eigenvalue weighted by Gasteiger charge is 2.27. The summed E-state index contributed by atoms with van der Waals surface area (Å²) in [7, 11) is 0. The molecular weight excluding hydrogens is 633 g/mol. The Balaban J connectivity index is 1.31. The Morgan fingerprint density at radius 3 is 1.88 bits per heavy atom. The summed E-state index contributed by atoms with van der Waals surface area (Å²) >= 11 is 0. The first kappa shape index (κ1) is 33.0. The summed E-state index contributed by atoms with van der Waals surface area (Å²) in [6.07, 6.45) is 9.81. The molecule has 3 aromatic heterocycles. The topological polar surface area (TPSA) is 26.4 Å². The number of fused-ring (bicyclic) bond motifs is 9. The van der Waals surface area contributed by atoms with E-state index in [0.717, 1.165) is 38.5 Å². The standard InChI is InChI=1S/C49H50N2O/c1-7-34(29(2)3)19-16-30(4)39-26-41-43-24-36(50-45-14-10-8-12-37(45)38-13-9-11-15-46(38)50)25-44-42-27-40(35-20-17-33(28-52)18-21-35)32(6)23-48(42)51(49(43)44)47(41)22-31(39)5/h7-15,22-30,33-35H,1,16-21H2,2-6H3. The Bertz CT molecular complexity index is 2610. The molecule has 1 aliphatic rings. The summed E-state index contributed by atoms with van der Waals surface area (Å²) in [5.41, 5.74) is 13.3. The molecule has 1 saturated carbocycles. The van der Waals surface area contributed by atoms with E-state index in [4.69, 9.17) is 0 Å². The zero-order chi connectivity index (χ0) is 35.8. The molecule has 0 bridgehead atoms. The van der Waals surface area contributed by atoms with E-state index in [1.54, 1.807) is 0 Å². The summed E-state index contributed by atoms with van der Waals surface area (Å²) in [5.74, 6) is 2.32. The van der Waals surface area contributed by atoms with Crippen molar-refractivity contribution in [2.75, 3.05) is 0 Å². The fourth-order valence-corrected chi connectivity index (χ4v) is 10.0. The fraction of sp³-hybridized carbons (Fsp3) is 0.327. The van der Waals surface area contributed by atoms with Gasteiger partial charge in [-0.1, -0.05) is 63.2 Å². The van der Waals surface area contributed by atoms with E-state index >= 15 is 0 Å². The molecule has 9 rings (SSSR count). The van der Waals surface area contributed by atoms with Crippen molar-refractivity contribution in [1.82, 2.24) is 8.97 Å². The lowest BCUT2D eigenvalue weighted by atomic mass is 9.78. The van der Waals surface area contributed by atoms with E-state index in [1.807, 2.05) is 0 Å². The average Bonchev–Trinajstić information content (AvgIpc) is 3.78. The van der Waals surface area contributed by atoms with Crippen LogP contribution in [0, 0.1) is 31.6 Å². The van der Waals surface area contributed by atoms with Crippen LogP contribution in [0.2, 0.25) is 0 Å². The number of aromatic nitrogens is 2. The van der Waals surface area contributed by atoms with Crippen molar-refractivity contribution in [3.05, 3.63) is 120 Å². The molecule has 0 radical (unpaired) electrons. The van der Waals surface area contributed by atoms with Crippen molar-refractivity contribution in [3.63, 3.8) is 0 Å². The van der Waals surface area contributed by atoms with Crippen LogP contribution >= 0.6 is 0 Å². The number of benzene rings is 5. The van der Waals surface area contributed by atoms with Crippen LogP contribution in [-0.2, 0) is 4.79 Å². The Hall–Kier alpha value is -4.89. The Kier molecular flexibility index (Phi) is 8.03. The molecule has 1 aliphatic carbocycles. The number of hydrogen-bond donors (Lipinski definition) is 0. The van der Waals surface area contributed by atoms with E-state index in [2.05, 4.69) is 141 Å². The number of aryl methyl sites for hydroxylation is 2. The predicted octanol–water partition coefficient (Wildman–Crippen LogP) is 13.4. The second-order valence-corrected chi connectivity index (χ2v) is 16.4. The number of carbonyl (C=O) groups excluding carboxylic acids is 1. The van der Waals surface area contributed by atoms with E-state index in [0.29, 0.717) is 23.7 Å². The molecule has 3 heteroatoms. The highest BCUT2D eigenvalue weighted by molar-refractivity contribution is 6.24. The second-order valence-electron chi connectivity index (χ2n) is 16.4. The highest BCUT2D eigenvalue weighted by Crippen LogP contribution is 2.46. The first-order valence-corrected chi connectivity index (χ1v) is 19.6. The van der Waals surface area contributed by atoms with Gasteiger partial charge in [0.05, 0.1) is 27.6 Å². The molecule has 2 unspecified atom stereocenters. The fourth-order valence-electron chi connectivity index (χ4n) is 10.0. The normalized spacial score (nSPS) is 18.1. The van der Waals surface area contributed by atoms with Crippen molar-refractivity contribution in [2.24, 2.45) is 17.8 Å². The predicted molar refractivity (Wildman–Crippen MR) is 222 cm³/mol. The average molecular weight is 683 g/mol. The first-order chi connectivity index (χ1) is 25.3. The molecule has 0 aliphatic heterocycles. The van der Waals surface area contributed by atoms with E-state index < -0.39 is 0 Å². The SMILES string of the molecule is C=CC(CCC(C)c1cc2c3cc(-n4c5ccccc5c5ccccc54)cc4c5cc(C6CCC(C=O)CC6)c(C)cc5n(c2cc1C)c34)C(C)C. The molecule has 1 fully saturated rings. The molecule has 0 saturated heterocycles. The van der Waals surface area contributed by atoms with Gasteiger partial charge in [0.15, 0.2) is 0 Å². The summed E-state index contributed by atoms with van der Waals surface area (Å²) in [4.78, 5) is 11.6. The van der Waals surface area contributed by atoms with Crippen molar-refractivity contribution in [2.45, 2.75) is 85.0 Å². The third-order valence-electron chi connectivity index (χ3n) is 13.0. The lowest BCUT2D eigenvalue weighted by Gasteiger charge is -2.27. The molecule has 0 N–H and O–H groups in total. The Labute approximate surface area is 307 Å². The summed E-state index contributed by atoms with van der Waals surface area (Å²) in [6.45, 7) is 15.8. The Morgan fingerprint density at radius 2 is 1.29 bits per heavy atom. The third kappa shape index (κ3) is 5.03. The van der Waals surface area contributed by atoms with Crippen molar-refractivity contribution in [1.29, 1.82) is 0 Å². The van der Waals surface area contributed by atoms with Crippen molar-refractivity contribution >= 4 is 66.2 Å². The second kappa shape index (κ2) is 12.7. The summed E-state index contributed by atoms with van der Waals surface area (Å²) in [5, 5.41) is 7.89. The van der Waals surface area contributed by atoms with Gasteiger partial charge in [0.1, 0.15) is 6.29 Å².